The third-order valence-electron chi connectivity index (χ3n) is 6.96. The number of nitrogens with zero attached hydrogens (tertiary/aromatic N) is 3. The van der Waals surface area contributed by atoms with Gasteiger partial charge in [-0.1, -0.05) is 56.3 Å². The molecular formula is C29H28ClN7O5S. The molecule has 1 aliphatic rings. The van der Waals surface area contributed by atoms with Crippen molar-refractivity contribution in [3.63, 3.8) is 0 Å². The van der Waals surface area contributed by atoms with E-state index < -0.39 is 37.7 Å². The van der Waals surface area contributed by atoms with Crippen LogP contribution in [0.5, 0.6) is 0 Å². The van der Waals surface area contributed by atoms with Gasteiger partial charge < -0.3 is 21.7 Å². The van der Waals surface area contributed by atoms with Crippen molar-refractivity contribution < 1.29 is 22.6 Å². The summed E-state index contributed by atoms with van der Waals surface area (Å²) in [4.78, 5) is 38.9. The Morgan fingerprint density at radius 3 is 2.09 bits per heavy atom. The van der Waals surface area contributed by atoms with E-state index >= 15 is 0 Å². The molecule has 3 aromatic carbocycles. The Labute approximate surface area is 252 Å². The number of carbonyl (C=O) groups is 2. The molecule has 0 saturated carbocycles. The Bertz CT molecular complexity index is 1900. The van der Waals surface area contributed by atoms with Gasteiger partial charge in [-0.15, -0.1) is 0 Å². The zero-order valence-corrected chi connectivity index (χ0v) is 25.0. The molecule has 0 unspecified atom stereocenters. The van der Waals surface area contributed by atoms with Crippen LogP contribution in [-0.4, -0.2) is 52.6 Å². The lowest BCUT2D eigenvalue weighted by Crippen LogP contribution is -2.32. The molecule has 1 aliphatic carbocycles. The minimum atomic E-state index is -4.82. The number of hydrogen-bond acceptors (Lipinski definition) is 11. The molecule has 4 aromatic rings. The first kappa shape index (κ1) is 29.9. The largest absolute Gasteiger partial charge is 0.397 e. The first-order valence-electron chi connectivity index (χ1n) is 13.1. The maximum atomic E-state index is 13.5. The molecule has 0 spiro atoms. The van der Waals surface area contributed by atoms with Crippen molar-refractivity contribution in [2.24, 2.45) is 5.41 Å². The average Bonchev–Trinajstić information content (AvgIpc) is 2.94. The Morgan fingerprint density at radius 2 is 1.44 bits per heavy atom. The van der Waals surface area contributed by atoms with Crippen LogP contribution in [-0.2, 0) is 10.1 Å². The van der Waals surface area contributed by atoms with Gasteiger partial charge in [-0.2, -0.15) is 23.4 Å². The highest BCUT2D eigenvalue weighted by molar-refractivity contribution is 7.86. The number of rotatable bonds is 9. The molecule has 14 heteroatoms. The maximum absolute atomic E-state index is 13.5. The highest BCUT2D eigenvalue weighted by atomic mass is 35.5. The highest BCUT2D eigenvalue weighted by Gasteiger charge is 2.36. The van der Waals surface area contributed by atoms with Crippen LogP contribution < -0.4 is 21.7 Å². The number of aryl methyl sites for hydroxylation is 1. The van der Waals surface area contributed by atoms with E-state index in [0.717, 1.165) is 17.3 Å². The molecule has 5 rings (SSSR count). The van der Waals surface area contributed by atoms with Crippen molar-refractivity contribution in [2.45, 2.75) is 25.7 Å². The molecule has 0 bridgehead atoms. The number of nitrogens with one attached hydrogen (secondary N) is 3. The average molecular weight is 622 g/mol. The van der Waals surface area contributed by atoms with Crippen molar-refractivity contribution in [3.05, 3.63) is 87.7 Å². The molecule has 0 saturated heterocycles. The van der Waals surface area contributed by atoms with Gasteiger partial charge in [0.1, 0.15) is 4.90 Å². The second-order valence-electron chi connectivity index (χ2n) is 10.8. The molecule has 0 aliphatic heterocycles. The molecule has 6 N–H and O–H groups in total. The van der Waals surface area contributed by atoms with Crippen molar-refractivity contribution >= 4 is 62.2 Å². The van der Waals surface area contributed by atoms with Crippen LogP contribution in [0.4, 0.5) is 29.0 Å². The smallest absolute Gasteiger partial charge is 0.296 e. The van der Waals surface area contributed by atoms with Crippen LogP contribution >= 0.6 is 11.6 Å². The number of benzene rings is 3. The summed E-state index contributed by atoms with van der Waals surface area (Å²) in [5.74, 6) is -0.632. The van der Waals surface area contributed by atoms with Crippen LogP contribution in [0.25, 0.3) is 0 Å². The predicted octanol–water partition coefficient (Wildman–Crippen LogP) is 4.73. The van der Waals surface area contributed by atoms with Crippen molar-refractivity contribution in [1.82, 2.24) is 15.0 Å². The Balaban J connectivity index is 1.39. The minimum Gasteiger partial charge on any atom is -0.397 e. The van der Waals surface area contributed by atoms with Gasteiger partial charge in [-0.3, -0.25) is 14.1 Å². The summed E-state index contributed by atoms with van der Waals surface area (Å²) in [5.41, 5.74) is 6.80. The van der Waals surface area contributed by atoms with E-state index in [-0.39, 0.29) is 51.7 Å². The first-order valence-corrected chi connectivity index (χ1v) is 14.9. The van der Waals surface area contributed by atoms with Crippen LogP contribution in [0.1, 0.15) is 51.3 Å². The summed E-state index contributed by atoms with van der Waals surface area (Å²) in [5, 5.41) is 9.34. The van der Waals surface area contributed by atoms with Gasteiger partial charge in [-0.25, -0.2) is 0 Å². The zero-order chi connectivity index (χ0) is 31.1. The lowest BCUT2D eigenvalue weighted by atomic mass is 9.82. The van der Waals surface area contributed by atoms with Gasteiger partial charge in [0.15, 0.2) is 11.6 Å². The molecular weight excluding hydrogens is 594 g/mol. The van der Waals surface area contributed by atoms with Gasteiger partial charge >= 0.3 is 0 Å². The lowest BCUT2D eigenvalue weighted by molar-refractivity contribution is 0.0980. The van der Waals surface area contributed by atoms with Gasteiger partial charge in [0.05, 0.1) is 16.8 Å². The molecule has 0 fully saturated rings. The zero-order valence-electron chi connectivity index (χ0n) is 23.4. The molecule has 0 atom stereocenters. The molecule has 1 heterocycles. The Morgan fingerprint density at radius 1 is 0.860 bits per heavy atom. The maximum Gasteiger partial charge on any atom is 0.296 e. The number of anilines is 5. The summed E-state index contributed by atoms with van der Waals surface area (Å²) >= 11 is 6.15. The number of nitrogens with two attached hydrogens (primary N) is 1. The van der Waals surface area contributed by atoms with Crippen LogP contribution in [0, 0.1) is 12.3 Å². The van der Waals surface area contributed by atoms with Crippen molar-refractivity contribution in [3.8, 4) is 0 Å². The van der Waals surface area contributed by atoms with Gasteiger partial charge in [0.2, 0.25) is 17.2 Å². The summed E-state index contributed by atoms with van der Waals surface area (Å²) < 4.78 is 34.2. The molecule has 0 radical (unpaired) electrons. The normalized spacial score (nSPS) is 12.9. The summed E-state index contributed by atoms with van der Waals surface area (Å²) in [7, 11) is -4.82. The molecule has 43 heavy (non-hydrogen) atoms. The number of para-hydroxylation sites is 1. The van der Waals surface area contributed by atoms with Gasteiger partial charge in [0.25, 0.3) is 10.1 Å². The topological polar surface area (TPSA) is 189 Å². The van der Waals surface area contributed by atoms with Crippen molar-refractivity contribution in [1.29, 1.82) is 0 Å². The van der Waals surface area contributed by atoms with Crippen LogP contribution in [0.3, 0.4) is 0 Å². The SMILES string of the molecule is Cc1ccccc1Nc1nc(Cl)nc(NCC(C)(C)CNc2cc(S(=O)(=O)O)c(N)c3c2C(=O)c2ccccc2C3=O)n1. The third-order valence-corrected chi connectivity index (χ3v) is 8.02. The van der Waals surface area contributed by atoms with E-state index in [9.17, 15) is 22.6 Å². The molecule has 0 amide bonds. The second kappa shape index (κ2) is 11.2. The number of nitrogen functional groups attached to an aromatic ring is 1. The number of halogens is 1. The Kier molecular flexibility index (Phi) is 7.82. The predicted molar refractivity (Wildman–Crippen MR) is 164 cm³/mol. The van der Waals surface area contributed by atoms with Gasteiger partial charge in [0, 0.05) is 35.6 Å². The van der Waals surface area contributed by atoms with E-state index in [2.05, 4.69) is 30.9 Å². The standard InChI is InChI=1S/C29H28ClN7O5S/c1-15-8-4-7-11-18(15)34-28-36-26(30)35-27(37-28)33-14-29(2,3)13-32-19-12-20(43(40,41)42)23(31)22-21(19)24(38)16-9-5-6-10-17(16)25(22)39/h4-12,32H,13-14,31H2,1-3H3,(H,40,41,42)(H2,33,34,35,36,37). The van der Waals surface area contributed by atoms with Crippen molar-refractivity contribution in [2.75, 3.05) is 34.8 Å². The minimum absolute atomic E-state index is 0.0146. The summed E-state index contributed by atoms with van der Waals surface area (Å²) in [6, 6.07) is 14.9. The monoisotopic (exact) mass is 621 g/mol. The molecule has 1 aromatic heterocycles. The molecule has 12 nitrogen and oxygen atoms in total. The Hall–Kier alpha value is -4.59. The highest BCUT2D eigenvalue weighted by Crippen LogP contribution is 2.39. The quantitative estimate of drug-likeness (QED) is 0.112. The second-order valence-corrected chi connectivity index (χ2v) is 12.6. The number of aromatic nitrogens is 3. The van der Waals surface area contributed by atoms with E-state index in [0.29, 0.717) is 6.54 Å². The van der Waals surface area contributed by atoms with E-state index in [1.54, 1.807) is 12.1 Å². The fourth-order valence-electron chi connectivity index (χ4n) is 4.68. The van der Waals surface area contributed by atoms with E-state index in [1.165, 1.54) is 12.1 Å². The number of ketones is 2. The van der Waals surface area contributed by atoms with Gasteiger partial charge in [-0.05, 0) is 41.6 Å². The fraction of sp³-hybridized carbons (Fsp3) is 0.207. The number of fused-ring (bicyclic) bond motifs is 2. The number of carbonyl (C=O) groups excluding carboxylic acids is 2. The fourth-order valence-corrected chi connectivity index (χ4v) is 5.49. The summed E-state index contributed by atoms with van der Waals surface area (Å²) in [6.07, 6.45) is 0. The van der Waals surface area contributed by atoms with Crippen LogP contribution in [0.2, 0.25) is 5.28 Å². The van der Waals surface area contributed by atoms with E-state index in [1.807, 2.05) is 45.0 Å². The first-order chi connectivity index (χ1) is 20.2. The third kappa shape index (κ3) is 6.14. The summed E-state index contributed by atoms with van der Waals surface area (Å²) in [6.45, 7) is 6.24. The lowest BCUT2D eigenvalue weighted by Gasteiger charge is -2.28. The number of hydrogen-bond donors (Lipinski definition) is 5. The van der Waals surface area contributed by atoms with E-state index in [4.69, 9.17) is 17.3 Å². The van der Waals surface area contributed by atoms with Crippen LogP contribution in [0.15, 0.2) is 59.5 Å². The molecule has 222 valence electrons.